The van der Waals surface area contributed by atoms with Gasteiger partial charge in [0, 0.05) is 29.8 Å². The molecule has 6 nitrogen and oxygen atoms in total. The lowest BCUT2D eigenvalue weighted by molar-refractivity contribution is -0.140. The van der Waals surface area contributed by atoms with Gasteiger partial charge in [-0.15, -0.1) is 5.92 Å². The van der Waals surface area contributed by atoms with Gasteiger partial charge in [0.1, 0.15) is 23.8 Å². The highest BCUT2D eigenvalue weighted by Gasteiger charge is 2.30. The molecule has 1 aliphatic heterocycles. The van der Waals surface area contributed by atoms with Crippen molar-refractivity contribution in [1.29, 1.82) is 0 Å². The van der Waals surface area contributed by atoms with Crippen LogP contribution in [0.25, 0.3) is 11.1 Å². The molecule has 5 rings (SSSR count). The SMILES string of the molecule is CC#C[C@@H](CC(=O)OC)c1ccc(O[C@@H]2CCc3c(-c4ccc(O[C@H]5CCOC5)nc4)ccc(F)c32)cc1. The number of aromatic nitrogens is 1. The minimum Gasteiger partial charge on any atom is -0.486 e. The van der Waals surface area contributed by atoms with E-state index in [4.69, 9.17) is 18.9 Å². The van der Waals surface area contributed by atoms with E-state index >= 15 is 4.39 Å². The molecule has 3 aromatic rings. The Kier molecular flexibility index (Phi) is 7.90. The Morgan fingerprint density at radius 1 is 1.13 bits per heavy atom. The van der Waals surface area contributed by atoms with Gasteiger partial charge in [-0.3, -0.25) is 4.79 Å². The van der Waals surface area contributed by atoms with Crippen molar-refractivity contribution in [3.8, 4) is 34.6 Å². The largest absolute Gasteiger partial charge is 0.486 e. The number of benzene rings is 2. The lowest BCUT2D eigenvalue weighted by atomic mass is 9.96. The van der Waals surface area contributed by atoms with Crippen LogP contribution in [0.2, 0.25) is 0 Å². The molecule has 1 fully saturated rings. The Balaban J connectivity index is 1.32. The van der Waals surface area contributed by atoms with Crippen LogP contribution in [0.3, 0.4) is 0 Å². The smallest absolute Gasteiger partial charge is 0.307 e. The molecular formula is C31H30FNO5. The maximum Gasteiger partial charge on any atom is 0.307 e. The van der Waals surface area contributed by atoms with Gasteiger partial charge in [0.15, 0.2) is 0 Å². The summed E-state index contributed by atoms with van der Waals surface area (Å²) in [6.45, 7) is 3.04. The monoisotopic (exact) mass is 515 g/mol. The summed E-state index contributed by atoms with van der Waals surface area (Å²) in [4.78, 5) is 16.2. The molecule has 0 amide bonds. The topological polar surface area (TPSA) is 66.9 Å². The molecule has 1 aromatic heterocycles. The molecule has 0 N–H and O–H groups in total. The molecule has 7 heteroatoms. The van der Waals surface area contributed by atoms with Gasteiger partial charge in [0.2, 0.25) is 5.88 Å². The van der Waals surface area contributed by atoms with E-state index in [0.717, 1.165) is 28.7 Å². The third-order valence-electron chi connectivity index (χ3n) is 6.98. The van der Waals surface area contributed by atoms with Crippen LogP contribution >= 0.6 is 0 Å². The predicted octanol–water partition coefficient (Wildman–Crippen LogP) is 5.79. The van der Waals surface area contributed by atoms with E-state index in [1.54, 1.807) is 13.1 Å². The highest BCUT2D eigenvalue weighted by molar-refractivity contribution is 5.71. The summed E-state index contributed by atoms with van der Waals surface area (Å²) in [7, 11) is 1.37. The third kappa shape index (κ3) is 5.66. The molecule has 2 aliphatic rings. The summed E-state index contributed by atoms with van der Waals surface area (Å²) in [6, 6.07) is 14.6. The quantitative estimate of drug-likeness (QED) is 0.279. The molecule has 38 heavy (non-hydrogen) atoms. The minimum absolute atomic E-state index is 0.0358. The second-order valence-corrected chi connectivity index (χ2v) is 9.42. The van der Waals surface area contributed by atoms with Crippen molar-refractivity contribution < 1.29 is 28.1 Å². The Bertz CT molecular complexity index is 1340. The van der Waals surface area contributed by atoms with Crippen LogP contribution < -0.4 is 9.47 Å². The summed E-state index contributed by atoms with van der Waals surface area (Å²) >= 11 is 0. The Morgan fingerprint density at radius 3 is 2.66 bits per heavy atom. The van der Waals surface area contributed by atoms with Crippen molar-refractivity contribution in [2.45, 2.75) is 50.7 Å². The van der Waals surface area contributed by atoms with Crippen molar-refractivity contribution in [2.24, 2.45) is 0 Å². The number of rotatable bonds is 8. The van der Waals surface area contributed by atoms with Crippen LogP contribution in [0.15, 0.2) is 54.7 Å². The van der Waals surface area contributed by atoms with Gasteiger partial charge in [0.05, 0.1) is 32.7 Å². The third-order valence-corrected chi connectivity index (χ3v) is 6.98. The first-order valence-electron chi connectivity index (χ1n) is 12.8. The molecule has 2 aromatic carbocycles. The van der Waals surface area contributed by atoms with E-state index in [1.165, 1.54) is 13.2 Å². The molecule has 2 heterocycles. The van der Waals surface area contributed by atoms with Crippen LogP contribution in [0.5, 0.6) is 11.6 Å². The number of nitrogens with zero attached hydrogens (tertiary/aromatic N) is 1. The highest BCUT2D eigenvalue weighted by atomic mass is 19.1. The second kappa shape index (κ2) is 11.7. The van der Waals surface area contributed by atoms with Gasteiger partial charge >= 0.3 is 5.97 Å². The zero-order valence-corrected chi connectivity index (χ0v) is 21.5. The number of ether oxygens (including phenoxy) is 4. The van der Waals surface area contributed by atoms with Crippen molar-refractivity contribution >= 4 is 5.97 Å². The molecule has 0 bridgehead atoms. The number of carbonyl (C=O) groups is 1. The van der Waals surface area contributed by atoms with Crippen LogP contribution in [0.1, 0.15) is 54.9 Å². The predicted molar refractivity (Wildman–Crippen MR) is 140 cm³/mol. The molecule has 1 saturated heterocycles. The lowest BCUT2D eigenvalue weighted by Gasteiger charge is -2.18. The van der Waals surface area contributed by atoms with Crippen molar-refractivity contribution in [2.75, 3.05) is 20.3 Å². The molecule has 196 valence electrons. The standard InChI is InChI=1S/C31H30FNO5/c1-3-4-21(17-30(34)35-2)20-5-8-23(9-6-20)37-28-13-11-26-25(10-12-27(32)31(26)28)22-7-14-29(33-18-22)38-24-15-16-36-19-24/h5-10,12,14,18,21,24,28H,11,13,15-17,19H2,1-2H3/t21-,24-,28+/m0/s1. The van der Waals surface area contributed by atoms with Gasteiger partial charge in [-0.1, -0.05) is 24.1 Å². The minimum atomic E-state index is -0.393. The zero-order valence-electron chi connectivity index (χ0n) is 21.5. The fourth-order valence-corrected chi connectivity index (χ4v) is 5.07. The van der Waals surface area contributed by atoms with Crippen LogP contribution in [0.4, 0.5) is 4.39 Å². The first-order valence-corrected chi connectivity index (χ1v) is 12.8. The van der Waals surface area contributed by atoms with Crippen molar-refractivity contribution in [3.05, 3.63) is 77.2 Å². The molecule has 0 radical (unpaired) electrons. The van der Waals surface area contributed by atoms with Gasteiger partial charge in [-0.05, 0) is 60.7 Å². The average molecular weight is 516 g/mol. The maximum absolute atomic E-state index is 15.1. The van der Waals surface area contributed by atoms with Crippen molar-refractivity contribution in [3.63, 3.8) is 0 Å². The fraction of sp³-hybridized carbons (Fsp3) is 0.355. The number of hydrogen-bond acceptors (Lipinski definition) is 6. The van der Waals surface area contributed by atoms with E-state index in [0.29, 0.717) is 43.2 Å². The number of hydrogen-bond donors (Lipinski definition) is 0. The normalized spacial score (nSPS) is 18.7. The van der Waals surface area contributed by atoms with E-state index in [-0.39, 0.29) is 30.2 Å². The van der Waals surface area contributed by atoms with Gasteiger partial charge in [-0.2, -0.15) is 0 Å². The number of esters is 1. The molecule has 1 aliphatic carbocycles. The second-order valence-electron chi connectivity index (χ2n) is 9.42. The van der Waals surface area contributed by atoms with Gasteiger partial charge < -0.3 is 18.9 Å². The average Bonchev–Trinajstić information content (AvgIpc) is 3.60. The molecule has 0 saturated carbocycles. The van der Waals surface area contributed by atoms with E-state index in [9.17, 15) is 4.79 Å². The first-order chi connectivity index (χ1) is 18.6. The van der Waals surface area contributed by atoms with E-state index < -0.39 is 6.10 Å². The number of carbonyl (C=O) groups excluding carboxylic acids is 1. The molecule has 3 atom stereocenters. The van der Waals surface area contributed by atoms with E-state index in [1.807, 2.05) is 42.5 Å². The highest BCUT2D eigenvalue weighted by Crippen LogP contribution is 2.42. The first kappa shape index (κ1) is 25.7. The number of halogens is 1. The Morgan fingerprint density at radius 2 is 1.97 bits per heavy atom. The maximum atomic E-state index is 15.1. The lowest BCUT2D eigenvalue weighted by Crippen LogP contribution is -2.16. The molecule has 0 spiro atoms. The van der Waals surface area contributed by atoms with Crippen LogP contribution in [-0.2, 0) is 20.7 Å². The van der Waals surface area contributed by atoms with Crippen molar-refractivity contribution in [1.82, 2.24) is 4.98 Å². The van der Waals surface area contributed by atoms with Crippen LogP contribution in [0, 0.1) is 17.7 Å². The van der Waals surface area contributed by atoms with E-state index in [2.05, 4.69) is 16.8 Å². The van der Waals surface area contributed by atoms with Gasteiger partial charge in [-0.25, -0.2) is 9.37 Å². The summed E-state index contributed by atoms with van der Waals surface area (Å²) in [6.07, 6.45) is 3.83. The zero-order chi connectivity index (χ0) is 26.5. The number of methoxy groups -OCH3 is 1. The Labute approximate surface area is 222 Å². The molecular weight excluding hydrogens is 485 g/mol. The molecule has 0 unspecified atom stereocenters. The summed E-state index contributed by atoms with van der Waals surface area (Å²) < 4.78 is 37.3. The van der Waals surface area contributed by atoms with Gasteiger partial charge in [0.25, 0.3) is 0 Å². The summed E-state index contributed by atoms with van der Waals surface area (Å²) in [5.74, 6) is 6.29. The summed E-state index contributed by atoms with van der Waals surface area (Å²) in [5.41, 5.74) is 4.31. The number of fused-ring (bicyclic) bond motifs is 1. The number of pyridine rings is 1. The Hall–Kier alpha value is -3.89. The summed E-state index contributed by atoms with van der Waals surface area (Å²) in [5, 5.41) is 0. The van der Waals surface area contributed by atoms with Crippen LogP contribution in [-0.4, -0.2) is 37.4 Å². The fourth-order valence-electron chi connectivity index (χ4n) is 5.07.